The molecule has 0 bridgehead atoms. The van der Waals surface area contributed by atoms with Crippen LogP contribution in [0.1, 0.15) is 53.4 Å². The second-order valence-corrected chi connectivity index (χ2v) is 25.3. The Morgan fingerprint density at radius 2 is 0.443 bits per heavy atom. The van der Waals surface area contributed by atoms with Crippen molar-refractivity contribution in [3.05, 3.63) is 207 Å². The number of hydrogen-bond donors (Lipinski definition) is 0. The highest BCUT2D eigenvalue weighted by atomic mass is 32.2. The van der Waals surface area contributed by atoms with E-state index in [9.17, 15) is 0 Å². The molecule has 0 aliphatic carbocycles. The molecular formula is C72H62N12S4. The van der Waals surface area contributed by atoms with Gasteiger partial charge in [0.05, 0.1) is 91.1 Å². The van der Waals surface area contributed by atoms with E-state index in [0.717, 1.165) is 119 Å². The molecule has 0 aliphatic rings. The van der Waals surface area contributed by atoms with Crippen molar-refractivity contribution in [3.63, 3.8) is 0 Å². The van der Waals surface area contributed by atoms with Gasteiger partial charge >= 0.3 is 0 Å². The highest BCUT2D eigenvalue weighted by Crippen LogP contribution is 2.38. The number of benzene rings is 3. The molecule has 0 spiro atoms. The Morgan fingerprint density at radius 1 is 0.227 bits per heavy atom. The highest BCUT2D eigenvalue weighted by molar-refractivity contribution is 8.00. The molecule has 0 amide bonds. The number of pyridine rings is 6. The van der Waals surface area contributed by atoms with Crippen LogP contribution in [0.25, 0.3) is 125 Å². The summed E-state index contributed by atoms with van der Waals surface area (Å²) in [5.41, 5.74) is 13.7. The number of nitrogens with zero attached hydrogens (tertiary/aromatic N) is 12. The van der Waals surface area contributed by atoms with Crippen LogP contribution in [0.4, 0.5) is 0 Å². The molecule has 88 heavy (non-hydrogen) atoms. The van der Waals surface area contributed by atoms with Gasteiger partial charge in [-0.1, -0.05) is 131 Å². The fourth-order valence-corrected chi connectivity index (χ4v) is 12.9. The van der Waals surface area contributed by atoms with Crippen LogP contribution in [0, 0.1) is 0 Å². The third kappa shape index (κ3) is 14.6. The molecule has 0 saturated heterocycles. The van der Waals surface area contributed by atoms with E-state index in [1.54, 1.807) is 59.4 Å². The van der Waals surface area contributed by atoms with Crippen molar-refractivity contribution >= 4 is 47.0 Å². The van der Waals surface area contributed by atoms with E-state index >= 15 is 0 Å². The lowest BCUT2D eigenvalue weighted by Gasteiger charge is -2.14. The first-order valence-corrected chi connectivity index (χ1v) is 33.6. The van der Waals surface area contributed by atoms with E-state index in [1.165, 1.54) is 0 Å². The van der Waals surface area contributed by atoms with Gasteiger partial charge in [0, 0.05) is 48.7 Å². The van der Waals surface area contributed by atoms with Crippen LogP contribution < -0.4 is 0 Å². The lowest BCUT2D eigenvalue weighted by Crippen LogP contribution is -2.02. The fourth-order valence-electron chi connectivity index (χ4n) is 9.59. The second kappa shape index (κ2) is 28.8. The molecule has 0 N–H and O–H groups in total. The van der Waals surface area contributed by atoms with Gasteiger partial charge in [0.15, 0.2) is 17.5 Å². The van der Waals surface area contributed by atoms with Crippen molar-refractivity contribution in [3.8, 4) is 125 Å². The molecule has 0 aliphatic heterocycles. The molecule has 9 aromatic heterocycles. The first kappa shape index (κ1) is 59.5. The number of rotatable bonds is 23. The van der Waals surface area contributed by atoms with E-state index < -0.39 is 0 Å². The summed E-state index contributed by atoms with van der Waals surface area (Å²) in [7, 11) is 0. The van der Waals surface area contributed by atoms with Crippen molar-refractivity contribution in [2.24, 2.45) is 0 Å². The molecule has 0 atom stereocenters. The Kier molecular flexibility index (Phi) is 19.5. The molecule has 12 aromatic rings. The lowest BCUT2D eigenvalue weighted by atomic mass is 10.1. The zero-order chi connectivity index (χ0) is 60.0. The van der Waals surface area contributed by atoms with Crippen LogP contribution in [0.3, 0.4) is 0 Å². The topological polar surface area (TPSA) is 155 Å². The van der Waals surface area contributed by atoms with Crippen LogP contribution in [-0.4, -0.2) is 82.8 Å². The maximum atomic E-state index is 5.51. The lowest BCUT2D eigenvalue weighted by molar-refractivity contribution is 1.10. The van der Waals surface area contributed by atoms with Crippen LogP contribution in [0.2, 0.25) is 0 Å². The zero-order valence-electron chi connectivity index (χ0n) is 49.3. The van der Waals surface area contributed by atoms with Gasteiger partial charge in [-0.25, -0.2) is 49.8 Å². The maximum Gasteiger partial charge on any atom is 0.160 e. The predicted octanol–water partition coefficient (Wildman–Crippen LogP) is 18.8. The summed E-state index contributed by atoms with van der Waals surface area (Å²) in [5.74, 6) is 5.38. The molecule has 0 unspecified atom stereocenters. The molecular weight excluding hydrogens is 1160 g/mol. The summed E-state index contributed by atoms with van der Waals surface area (Å²) in [6.07, 6.45) is 7.62. The third-order valence-corrected chi connectivity index (χ3v) is 18.5. The van der Waals surface area contributed by atoms with Crippen LogP contribution >= 0.6 is 47.0 Å². The molecule has 434 valence electrons. The standard InChI is InChI=1S/C72H62N12S4/c1-5-32-85-50-36-56(54-28-18-20-30-73-54)75-58(38-50)64-44-66(81-70(79-64)47-22-12-9-13-23-47)60-40-52(87-34-7-3)42-62(77-60)68-46-69(84-72(83-68)49-26-16-11-17-27-49)63-43-53(88-35-8-4)41-61(78-63)67-45-65(80-71(82-67)48-24-14-10-15-25-48)59-39-51(86-33-6-2)37-57(76-59)55-29-19-21-31-74-55/h9-31,36-46H,5-8,32-35H2,1-4H3. The van der Waals surface area contributed by atoms with Crippen LogP contribution in [0.5, 0.6) is 0 Å². The van der Waals surface area contributed by atoms with E-state index in [1.807, 2.05) is 146 Å². The molecule has 9 heterocycles. The smallest absolute Gasteiger partial charge is 0.160 e. The fraction of sp³-hybridized carbons (Fsp3) is 0.167. The Balaban J connectivity index is 1.03. The quantitative estimate of drug-likeness (QED) is 0.0557. The predicted molar refractivity (Wildman–Crippen MR) is 364 cm³/mol. The van der Waals surface area contributed by atoms with E-state index in [-0.39, 0.29) is 0 Å². The molecule has 0 saturated carbocycles. The first-order chi connectivity index (χ1) is 43.4. The van der Waals surface area contributed by atoms with Gasteiger partial charge in [-0.2, -0.15) is 0 Å². The Bertz CT molecular complexity index is 4080. The van der Waals surface area contributed by atoms with Gasteiger partial charge in [0.1, 0.15) is 0 Å². The summed E-state index contributed by atoms with van der Waals surface area (Å²) in [4.78, 5) is 66.9. The molecule has 12 nitrogen and oxygen atoms in total. The largest absolute Gasteiger partial charge is 0.255 e. The van der Waals surface area contributed by atoms with Crippen molar-refractivity contribution < 1.29 is 0 Å². The molecule has 12 rings (SSSR count). The van der Waals surface area contributed by atoms with E-state index in [4.69, 9.17) is 59.8 Å². The third-order valence-electron chi connectivity index (χ3n) is 13.8. The van der Waals surface area contributed by atoms with Crippen molar-refractivity contribution in [2.45, 2.75) is 73.0 Å². The van der Waals surface area contributed by atoms with Gasteiger partial charge in [-0.15, -0.1) is 47.0 Å². The van der Waals surface area contributed by atoms with Crippen molar-refractivity contribution in [1.29, 1.82) is 0 Å². The van der Waals surface area contributed by atoms with Gasteiger partial charge in [-0.3, -0.25) is 9.97 Å². The minimum atomic E-state index is 0.538. The van der Waals surface area contributed by atoms with Crippen molar-refractivity contribution in [2.75, 3.05) is 23.0 Å². The number of hydrogen-bond acceptors (Lipinski definition) is 16. The molecule has 16 heteroatoms. The summed E-state index contributed by atoms with van der Waals surface area (Å²) < 4.78 is 0. The van der Waals surface area contributed by atoms with Crippen molar-refractivity contribution in [1.82, 2.24) is 59.8 Å². The minimum absolute atomic E-state index is 0.538. The summed E-state index contributed by atoms with van der Waals surface area (Å²) in [6.45, 7) is 8.78. The summed E-state index contributed by atoms with van der Waals surface area (Å²) in [6, 6.07) is 65.1. The first-order valence-electron chi connectivity index (χ1n) is 29.6. The van der Waals surface area contributed by atoms with Gasteiger partial charge in [0.2, 0.25) is 0 Å². The SMILES string of the molecule is CCCSc1cc(-c2ccccn2)nc(-c2cc(-c3cc(SCCC)cc(-c4cc(-c5cc(SCCC)cc(-c6cc(-c7cc(SCCC)cc(-c8ccccn8)n7)nc(-c7ccccc7)n6)n5)nc(-c5ccccc5)n4)n3)nc(-c3ccccc3)n2)c1. The second-order valence-electron chi connectivity index (χ2n) is 20.6. The molecule has 0 fully saturated rings. The Labute approximate surface area is 531 Å². The summed E-state index contributed by atoms with van der Waals surface area (Å²) in [5, 5.41) is 0. The minimum Gasteiger partial charge on any atom is -0.255 e. The maximum absolute atomic E-state index is 5.51. The average molecular weight is 1220 g/mol. The normalized spacial score (nSPS) is 11.3. The zero-order valence-corrected chi connectivity index (χ0v) is 52.6. The molecule has 3 aromatic carbocycles. The number of aromatic nitrogens is 12. The van der Waals surface area contributed by atoms with Gasteiger partial charge in [-0.05, 0) is 140 Å². The average Bonchev–Trinajstić information content (AvgIpc) is 2.86. The van der Waals surface area contributed by atoms with E-state index in [0.29, 0.717) is 74.4 Å². The number of thioether (sulfide) groups is 4. The monoisotopic (exact) mass is 1220 g/mol. The Hall–Kier alpha value is -8.80. The highest BCUT2D eigenvalue weighted by Gasteiger charge is 2.22. The summed E-state index contributed by atoms with van der Waals surface area (Å²) >= 11 is 7.15. The Morgan fingerprint density at radius 3 is 0.659 bits per heavy atom. The van der Waals surface area contributed by atoms with Gasteiger partial charge < -0.3 is 0 Å². The van der Waals surface area contributed by atoms with Crippen LogP contribution in [-0.2, 0) is 0 Å². The van der Waals surface area contributed by atoms with Crippen LogP contribution in [0.15, 0.2) is 226 Å². The molecule has 0 radical (unpaired) electrons. The van der Waals surface area contributed by atoms with Gasteiger partial charge in [0.25, 0.3) is 0 Å². The van der Waals surface area contributed by atoms with E-state index in [2.05, 4.69) is 76.2 Å².